The van der Waals surface area contributed by atoms with Crippen LogP contribution in [0.15, 0.2) is 0 Å². The van der Waals surface area contributed by atoms with Crippen LogP contribution >= 0.6 is 0 Å². The second-order valence-electron chi connectivity index (χ2n) is 5.81. The molecule has 0 aliphatic rings. The summed E-state index contributed by atoms with van der Waals surface area (Å²) in [6.45, 7) is 8.70. The molecule has 0 aromatic rings. The second-order valence-corrected chi connectivity index (χ2v) is 5.81. The fraction of sp³-hybridized carbons (Fsp3) is 0.944. The number of hydrogen-bond acceptors (Lipinski definition) is 2. The van der Waals surface area contributed by atoms with Crippen LogP contribution in [0.4, 0.5) is 0 Å². The Hall–Kier alpha value is -0.0800. The third-order valence-corrected chi connectivity index (χ3v) is 3.54. The van der Waals surface area contributed by atoms with Gasteiger partial charge in [-0.05, 0) is 19.8 Å². The third kappa shape index (κ3) is 16.0. The molecule has 0 bridgehead atoms. The third-order valence-electron chi connectivity index (χ3n) is 3.54. The van der Waals surface area contributed by atoms with Gasteiger partial charge in [-0.15, -0.1) is 0 Å². The fourth-order valence-electron chi connectivity index (χ4n) is 2.25. The zero-order chi connectivity index (χ0) is 14.9. The highest BCUT2D eigenvalue weighted by atomic mass is 16.5. The van der Waals surface area contributed by atoms with Crippen LogP contribution in [-0.4, -0.2) is 25.9 Å². The minimum Gasteiger partial charge on any atom is -0.379 e. The molecule has 0 saturated heterocycles. The maximum absolute atomic E-state index is 5.63. The van der Waals surface area contributed by atoms with Crippen LogP contribution in [0.2, 0.25) is 0 Å². The summed E-state index contributed by atoms with van der Waals surface area (Å²) in [6, 6.07) is 0. The van der Waals surface area contributed by atoms with Gasteiger partial charge in [0.2, 0.25) is 0 Å². The van der Waals surface area contributed by atoms with Gasteiger partial charge >= 0.3 is 0 Å². The van der Waals surface area contributed by atoms with Gasteiger partial charge in [0, 0.05) is 13.2 Å². The summed E-state index contributed by atoms with van der Waals surface area (Å²) in [7, 11) is 0. The highest BCUT2D eigenvalue weighted by Crippen LogP contribution is 2.10. The first-order valence-corrected chi connectivity index (χ1v) is 8.78. The maximum Gasteiger partial charge on any atom is 0.0780 e. The molecule has 0 N–H and O–H groups in total. The molecule has 0 fully saturated rings. The van der Waals surface area contributed by atoms with Gasteiger partial charge in [0.05, 0.1) is 12.7 Å². The molecule has 0 aliphatic carbocycles. The van der Waals surface area contributed by atoms with Crippen LogP contribution in [0.5, 0.6) is 0 Å². The van der Waals surface area contributed by atoms with Crippen molar-refractivity contribution in [1.29, 1.82) is 0 Å². The molecule has 0 rings (SSSR count). The average molecular weight is 285 g/mol. The number of rotatable bonds is 16. The lowest BCUT2D eigenvalue weighted by Gasteiger charge is -2.12. The van der Waals surface area contributed by atoms with Crippen LogP contribution in [0, 0.1) is 6.42 Å². The molecule has 2 nitrogen and oxygen atoms in total. The minimum absolute atomic E-state index is 0.217. The van der Waals surface area contributed by atoms with Crippen molar-refractivity contribution in [2.45, 2.75) is 91.1 Å². The van der Waals surface area contributed by atoms with Crippen molar-refractivity contribution in [3.8, 4) is 0 Å². The van der Waals surface area contributed by atoms with Crippen LogP contribution in [0.25, 0.3) is 0 Å². The van der Waals surface area contributed by atoms with Crippen LogP contribution < -0.4 is 0 Å². The Bertz CT molecular complexity index is 171. The van der Waals surface area contributed by atoms with E-state index in [0.29, 0.717) is 0 Å². The Morgan fingerprint density at radius 3 is 1.95 bits per heavy atom. The molecule has 20 heavy (non-hydrogen) atoms. The van der Waals surface area contributed by atoms with Crippen molar-refractivity contribution in [3.05, 3.63) is 6.42 Å². The molecule has 0 aliphatic heterocycles. The number of hydrogen-bond donors (Lipinski definition) is 0. The van der Waals surface area contributed by atoms with Crippen molar-refractivity contribution < 1.29 is 9.47 Å². The summed E-state index contributed by atoms with van der Waals surface area (Å²) in [5.74, 6) is 0. The van der Waals surface area contributed by atoms with E-state index in [4.69, 9.17) is 9.47 Å². The Morgan fingerprint density at radius 2 is 1.40 bits per heavy atom. The van der Waals surface area contributed by atoms with E-state index in [-0.39, 0.29) is 6.10 Å². The Balaban J connectivity index is 3.02. The van der Waals surface area contributed by atoms with Crippen molar-refractivity contribution >= 4 is 0 Å². The van der Waals surface area contributed by atoms with Crippen LogP contribution in [-0.2, 0) is 9.47 Å². The van der Waals surface area contributed by atoms with E-state index < -0.39 is 0 Å². The first-order chi connectivity index (χ1) is 9.81. The minimum atomic E-state index is 0.217. The molecule has 0 amide bonds. The molecule has 0 saturated carbocycles. The molecular weight excluding hydrogens is 248 g/mol. The summed E-state index contributed by atoms with van der Waals surface area (Å²) in [4.78, 5) is 0. The van der Waals surface area contributed by atoms with Gasteiger partial charge < -0.3 is 9.47 Å². The molecule has 121 valence electrons. The fourth-order valence-corrected chi connectivity index (χ4v) is 2.25. The molecule has 0 aromatic carbocycles. The lowest BCUT2D eigenvalue weighted by molar-refractivity contribution is 0.000485. The summed E-state index contributed by atoms with van der Waals surface area (Å²) in [5.41, 5.74) is 0. The van der Waals surface area contributed by atoms with Crippen LogP contribution in [0.1, 0.15) is 85.0 Å². The van der Waals surface area contributed by atoms with E-state index >= 15 is 0 Å². The molecular formula is C18H37O2. The van der Waals surface area contributed by atoms with Gasteiger partial charge in [0.25, 0.3) is 0 Å². The molecule has 1 radical (unpaired) electrons. The lowest BCUT2D eigenvalue weighted by Crippen LogP contribution is -2.17. The first-order valence-electron chi connectivity index (χ1n) is 8.78. The quantitative estimate of drug-likeness (QED) is 0.346. The topological polar surface area (TPSA) is 18.5 Å². The van der Waals surface area contributed by atoms with Crippen molar-refractivity contribution in [2.24, 2.45) is 0 Å². The Labute approximate surface area is 127 Å². The molecule has 1 unspecified atom stereocenters. The van der Waals surface area contributed by atoms with E-state index in [0.717, 1.165) is 19.8 Å². The predicted octanol–water partition coefficient (Wildman–Crippen LogP) is 5.55. The zero-order valence-electron chi connectivity index (χ0n) is 14.2. The largest absolute Gasteiger partial charge is 0.379 e. The van der Waals surface area contributed by atoms with Crippen molar-refractivity contribution in [1.82, 2.24) is 0 Å². The summed E-state index contributed by atoms with van der Waals surface area (Å²) < 4.78 is 11.1. The van der Waals surface area contributed by atoms with E-state index in [9.17, 15) is 0 Å². The highest BCUT2D eigenvalue weighted by Gasteiger charge is 2.01. The van der Waals surface area contributed by atoms with E-state index in [1.807, 2.05) is 13.3 Å². The predicted molar refractivity (Wildman–Crippen MR) is 88.1 cm³/mol. The van der Waals surface area contributed by atoms with Gasteiger partial charge in [-0.25, -0.2) is 0 Å². The SMILES string of the molecule is C[CH]COC(C)COCCCCCCCCCCCC. The Morgan fingerprint density at radius 1 is 0.850 bits per heavy atom. The summed E-state index contributed by atoms with van der Waals surface area (Å²) >= 11 is 0. The van der Waals surface area contributed by atoms with E-state index in [2.05, 4.69) is 13.8 Å². The summed E-state index contributed by atoms with van der Waals surface area (Å²) in [5, 5.41) is 0. The van der Waals surface area contributed by atoms with Crippen molar-refractivity contribution in [3.63, 3.8) is 0 Å². The first kappa shape index (κ1) is 19.9. The Kier molecular flexibility index (Phi) is 16.9. The molecule has 0 aromatic heterocycles. The average Bonchev–Trinajstić information content (AvgIpc) is 2.46. The lowest BCUT2D eigenvalue weighted by atomic mass is 10.1. The molecule has 2 heteroatoms. The maximum atomic E-state index is 5.63. The molecule has 0 spiro atoms. The van der Waals surface area contributed by atoms with Gasteiger partial charge in [-0.3, -0.25) is 0 Å². The van der Waals surface area contributed by atoms with Gasteiger partial charge in [0.15, 0.2) is 0 Å². The number of unbranched alkanes of at least 4 members (excludes halogenated alkanes) is 9. The van der Waals surface area contributed by atoms with E-state index in [1.165, 1.54) is 64.2 Å². The monoisotopic (exact) mass is 285 g/mol. The standard InChI is InChI=1S/C18H37O2/c1-4-6-7-8-9-10-11-12-13-14-16-19-17-18(3)20-15-5-2/h5,18H,4,6-17H2,1-3H3. The van der Waals surface area contributed by atoms with E-state index in [1.54, 1.807) is 0 Å². The smallest absolute Gasteiger partial charge is 0.0780 e. The molecule has 1 atom stereocenters. The van der Waals surface area contributed by atoms with Gasteiger partial charge in [-0.2, -0.15) is 0 Å². The normalized spacial score (nSPS) is 12.8. The molecule has 0 heterocycles. The van der Waals surface area contributed by atoms with Gasteiger partial charge in [0.1, 0.15) is 0 Å². The van der Waals surface area contributed by atoms with Crippen molar-refractivity contribution in [2.75, 3.05) is 19.8 Å². The summed E-state index contributed by atoms with van der Waals surface area (Å²) in [6.07, 6.45) is 16.0. The zero-order valence-corrected chi connectivity index (χ0v) is 14.2. The highest BCUT2D eigenvalue weighted by molar-refractivity contribution is 4.55. The number of ether oxygens (including phenoxy) is 2. The van der Waals surface area contributed by atoms with Gasteiger partial charge in [-0.1, -0.05) is 71.6 Å². The second kappa shape index (κ2) is 17.0. The van der Waals surface area contributed by atoms with Crippen LogP contribution in [0.3, 0.4) is 0 Å².